The Morgan fingerprint density at radius 1 is 1.50 bits per heavy atom. The third-order valence-corrected chi connectivity index (χ3v) is 8.66. The van der Waals surface area contributed by atoms with Crippen LogP contribution in [0.25, 0.3) is 0 Å². The number of fused-ring (bicyclic) bond motifs is 1. The number of hydrogen-bond donors (Lipinski definition) is 4. The molecule has 0 aromatic carbocycles. The van der Waals surface area contributed by atoms with Crippen LogP contribution in [0.2, 0.25) is 0 Å². The van der Waals surface area contributed by atoms with Crippen LogP contribution in [0.1, 0.15) is 36.1 Å². The summed E-state index contributed by atoms with van der Waals surface area (Å²) in [5.41, 5.74) is 5.81. The number of aliphatic hydroxyl groups excluding tert-OH is 1. The average molecular weight is 424 g/mol. The quantitative estimate of drug-likeness (QED) is 0.512. The highest BCUT2D eigenvalue weighted by Gasteiger charge is 2.60. The molecule has 4 heterocycles. The lowest BCUT2D eigenvalue weighted by Gasteiger charge is -2.46. The van der Waals surface area contributed by atoms with E-state index in [-0.39, 0.29) is 34.9 Å². The van der Waals surface area contributed by atoms with Crippen molar-refractivity contribution in [3.05, 3.63) is 32.5 Å². The lowest BCUT2D eigenvalue weighted by molar-refractivity contribution is -0.163. The third-order valence-electron chi connectivity index (χ3n) is 5.92. The van der Waals surface area contributed by atoms with E-state index in [4.69, 9.17) is 5.73 Å². The van der Waals surface area contributed by atoms with E-state index in [9.17, 15) is 19.8 Å². The van der Waals surface area contributed by atoms with Gasteiger partial charge in [-0.3, -0.25) is 4.79 Å². The zero-order chi connectivity index (χ0) is 20.2. The summed E-state index contributed by atoms with van der Waals surface area (Å²) in [5.74, 6) is -1.95. The molecule has 4 rings (SSSR count). The molecule has 2 fully saturated rings. The number of nitrogens with one attached hydrogen (secondary N) is 1. The maximum atomic E-state index is 12.4. The summed E-state index contributed by atoms with van der Waals surface area (Å²) in [7, 11) is 0. The molecule has 0 saturated carbocycles. The van der Waals surface area contributed by atoms with Gasteiger partial charge in [0.1, 0.15) is 5.70 Å². The molecule has 0 radical (unpaired) electrons. The number of hydrogen-bond acceptors (Lipinski definition) is 7. The molecule has 1 aromatic rings. The van der Waals surface area contributed by atoms with Gasteiger partial charge in [0, 0.05) is 45.0 Å². The van der Waals surface area contributed by atoms with Gasteiger partial charge in [0.2, 0.25) is 5.91 Å². The molecule has 1 amide bonds. The number of amides is 1. The van der Waals surface area contributed by atoms with E-state index < -0.39 is 18.0 Å². The van der Waals surface area contributed by atoms with Crippen molar-refractivity contribution in [2.75, 3.05) is 6.54 Å². The highest BCUT2D eigenvalue weighted by atomic mass is 32.2. The number of rotatable bonds is 6. The Morgan fingerprint density at radius 2 is 2.25 bits per heavy atom. The van der Waals surface area contributed by atoms with Crippen LogP contribution in [-0.4, -0.2) is 50.9 Å². The Morgan fingerprint density at radius 3 is 2.86 bits per heavy atom. The Bertz CT molecular complexity index is 837. The largest absolute Gasteiger partial charge is 0.477 e. The normalized spacial score (nSPS) is 33.2. The Kier molecular flexibility index (Phi) is 5.30. The standard InChI is InChI=1S/C19H25N3O4S2/c1-8-15-14(9(2)23)18(24)22(15)16(19(25)26)17(8)28-11-5-12(21-7-11)13-4-3-10(6-20)27-13/h3-4,8-9,11-12,14-15,21,23H,5-7,20H2,1-2H3,(H,25,26)/t8-,9-,11+,12-,14-,15-/m1/s1. The van der Waals surface area contributed by atoms with Crippen LogP contribution < -0.4 is 11.1 Å². The molecule has 6 atom stereocenters. The van der Waals surface area contributed by atoms with Gasteiger partial charge >= 0.3 is 5.97 Å². The number of β-lactam (4-membered cyclic amide) rings is 1. The maximum absolute atomic E-state index is 12.4. The van der Waals surface area contributed by atoms with Gasteiger partial charge in [-0.2, -0.15) is 0 Å². The lowest BCUT2D eigenvalue weighted by Crippen LogP contribution is -2.63. The van der Waals surface area contributed by atoms with Crippen molar-refractivity contribution in [2.45, 2.75) is 50.3 Å². The molecule has 3 aliphatic rings. The molecule has 7 nitrogen and oxygen atoms in total. The second-order valence-corrected chi connectivity index (χ2v) is 10.3. The van der Waals surface area contributed by atoms with E-state index in [1.54, 1.807) is 30.0 Å². The molecule has 0 unspecified atom stereocenters. The fourth-order valence-electron chi connectivity index (χ4n) is 4.56. The van der Waals surface area contributed by atoms with Crippen LogP contribution in [-0.2, 0) is 16.1 Å². The van der Waals surface area contributed by atoms with Crippen LogP contribution in [0.4, 0.5) is 0 Å². The van der Waals surface area contributed by atoms with Crippen LogP contribution in [0, 0.1) is 11.8 Å². The maximum Gasteiger partial charge on any atom is 0.353 e. The SMILES string of the molecule is C[C@@H](O)[C@H]1C(=O)N2C(C(=O)O)=C(S[C@@H]3CN[C@@H](c4ccc(CN)s4)C3)[C@H](C)[C@H]12. The summed E-state index contributed by atoms with van der Waals surface area (Å²) in [6.07, 6.45) is 0.125. The zero-order valence-corrected chi connectivity index (χ0v) is 17.4. The van der Waals surface area contributed by atoms with Gasteiger partial charge in [-0.1, -0.05) is 6.92 Å². The molecule has 1 aromatic heterocycles. The van der Waals surface area contributed by atoms with Gasteiger partial charge in [-0.25, -0.2) is 4.79 Å². The topological polar surface area (TPSA) is 116 Å². The minimum absolute atomic E-state index is 0.0852. The van der Waals surface area contributed by atoms with Crippen LogP contribution in [0.15, 0.2) is 22.7 Å². The van der Waals surface area contributed by atoms with Gasteiger partial charge in [-0.05, 0) is 25.5 Å². The summed E-state index contributed by atoms with van der Waals surface area (Å²) in [5, 5.41) is 23.5. The van der Waals surface area contributed by atoms with E-state index in [0.717, 1.165) is 22.7 Å². The number of thiophene rings is 1. The summed E-state index contributed by atoms with van der Waals surface area (Å²) < 4.78 is 0. The molecule has 3 aliphatic heterocycles. The summed E-state index contributed by atoms with van der Waals surface area (Å²) in [6.45, 7) is 4.88. The minimum Gasteiger partial charge on any atom is -0.477 e. The van der Waals surface area contributed by atoms with Crippen molar-refractivity contribution in [1.82, 2.24) is 10.2 Å². The van der Waals surface area contributed by atoms with Crippen LogP contribution >= 0.6 is 23.1 Å². The van der Waals surface area contributed by atoms with Crippen molar-refractivity contribution >= 4 is 35.0 Å². The average Bonchev–Trinajstić information content (AvgIpc) is 3.33. The Labute approximate surface area is 172 Å². The summed E-state index contributed by atoms with van der Waals surface area (Å²) in [4.78, 5) is 28.9. The number of carboxylic acid groups (broad SMARTS) is 1. The molecule has 152 valence electrons. The van der Waals surface area contributed by atoms with Crippen molar-refractivity contribution < 1.29 is 19.8 Å². The number of thioether (sulfide) groups is 1. The van der Waals surface area contributed by atoms with Crippen LogP contribution in [0.3, 0.4) is 0 Å². The summed E-state index contributed by atoms with van der Waals surface area (Å²) in [6, 6.07) is 4.15. The predicted octanol–water partition coefficient (Wildman–Crippen LogP) is 1.50. The number of nitrogens with two attached hydrogens (primary N) is 1. The van der Waals surface area contributed by atoms with Crippen LogP contribution in [0.5, 0.6) is 0 Å². The summed E-state index contributed by atoms with van der Waals surface area (Å²) >= 11 is 3.29. The van der Waals surface area contributed by atoms with Crippen molar-refractivity contribution in [1.29, 1.82) is 0 Å². The van der Waals surface area contributed by atoms with Gasteiger partial charge in [0.05, 0.1) is 18.1 Å². The number of carbonyl (C=O) groups is 2. The fourth-order valence-corrected chi connectivity index (χ4v) is 7.02. The predicted molar refractivity (Wildman–Crippen MR) is 109 cm³/mol. The molecule has 5 N–H and O–H groups in total. The van der Waals surface area contributed by atoms with E-state index >= 15 is 0 Å². The molecule has 0 spiro atoms. The second kappa shape index (κ2) is 7.46. The Hall–Kier alpha value is -1.39. The first kappa shape index (κ1) is 19.9. The molecule has 9 heteroatoms. The molecule has 28 heavy (non-hydrogen) atoms. The van der Waals surface area contributed by atoms with E-state index in [1.165, 1.54) is 9.78 Å². The highest BCUT2D eigenvalue weighted by molar-refractivity contribution is 8.03. The van der Waals surface area contributed by atoms with Crippen molar-refractivity contribution in [2.24, 2.45) is 17.6 Å². The molecule has 2 saturated heterocycles. The van der Waals surface area contributed by atoms with E-state index in [1.807, 2.05) is 6.92 Å². The smallest absolute Gasteiger partial charge is 0.353 e. The molecular weight excluding hydrogens is 398 g/mol. The first-order valence-corrected chi connectivity index (χ1v) is 11.2. The fraction of sp³-hybridized carbons (Fsp3) is 0.579. The Balaban J connectivity index is 1.51. The zero-order valence-electron chi connectivity index (χ0n) is 15.8. The number of carboxylic acids is 1. The minimum atomic E-state index is -1.07. The van der Waals surface area contributed by atoms with Gasteiger partial charge in [-0.15, -0.1) is 23.1 Å². The van der Waals surface area contributed by atoms with E-state index in [0.29, 0.717) is 6.54 Å². The van der Waals surface area contributed by atoms with E-state index in [2.05, 4.69) is 17.4 Å². The van der Waals surface area contributed by atoms with Gasteiger partial charge in [0.25, 0.3) is 0 Å². The molecular formula is C19H25N3O4S2. The highest BCUT2D eigenvalue weighted by Crippen LogP contribution is 2.52. The third kappa shape index (κ3) is 3.09. The first-order valence-electron chi connectivity index (χ1n) is 9.50. The number of nitrogens with zero attached hydrogens (tertiary/aromatic N) is 1. The molecule has 0 bridgehead atoms. The number of aliphatic carboxylic acids is 1. The number of aliphatic hydroxyl groups is 1. The van der Waals surface area contributed by atoms with Crippen molar-refractivity contribution in [3.63, 3.8) is 0 Å². The second-order valence-electron chi connectivity index (χ2n) is 7.72. The monoisotopic (exact) mass is 423 g/mol. The molecule has 0 aliphatic carbocycles. The first-order chi connectivity index (χ1) is 13.3. The number of carbonyl (C=O) groups excluding carboxylic acids is 1. The van der Waals surface area contributed by atoms with Crippen molar-refractivity contribution in [3.8, 4) is 0 Å². The van der Waals surface area contributed by atoms with Gasteiger partial charge in [0.15, 0.2) is 0 Å². The lowest BCUT2D eigenvalue weighted by atomic mass is 9.79. The van der Waals surface area contributed by atoms with Gasteiger partial charge < -0.3 is 26.2 Å².